The van der Waals surface area contributed by atoms with Gasteiger partial charge in [0.15, 0.2) is 0 Å². The van der Waals surface area contributed by atoms with Crippen LogP contribution in [0.2, 0.25) is 0 Å². The minimum Gasteiger partial charge on any atom is -0.350 e. The van der Waals surface area contributed by atoms with Crippen molar-refractivity contribution in [1.29, 1.82) is 0 Å². The number of para-hydroxylation sites is 2. The summed E-state index contributed by atoms with van der Waals surface area (Å²) in [6, 6.07) is 20.4. The first-order valence-corrected chi connectivity index (χ1v) is 9.60. The Morgan fingerprint density at radius 2 is 1.58 bits per heavy atom. The SMILES string of the molecule is O=C(Nc1ccccc1F)c1cccc(NC2=C(Cl)C(=O)N(c3ccccc3)C2=O)c1. The van der Waals surface area contributed by atoms with Crippen molar-refractivity contribution < 1.29 is 18.8 Å². The summed E-state index contributed by atoms with van der Waals surface area (Å²) in [6.07, 6.45) is 0. The fourth-order valence-corrected chi connectivity index (χ4v) is 3.28. The van der Waals surface area contributed by atoms with Gasteiger partial charge in [-0.3, -0.25) is 14.4 Å². The highest BCUT2D eigenvalue weighted by Gasteiger charge is 2.38. The third kappa shape index (κ3) is 4.04. The molecule has 31 heavy (non-hydrogen) atoms. The van der Waals surface area contributed by atoms with Crippen LogP contribution in [0, 0.1) is 5.82 Å². The third-order valence-corrected chi connectivity index (χ3v) is 4.91. The van der Waals surface area contributed by atoms with Crippen LogP contribution in [-0.4, -0.2) is 17.7 Å². The number of amides is 3. The van der Waals surface area contributed by atoms with Crippen molar-refractivity contribution >= 4 is 46.4 Å². The van der Waals surface area contributed by atoms with Gasteiger partial charge in [0.05, 0.1) is 11.4 Å². The highest BCUT2D eigenvalue weighted by atomic mass is 35.5. The number of hydrogen-bond donors (Lipinski definition) is 2. The standard InChI is InChI=1S/C23H15ClFN3O3/c24-19-20(23(31)28(22(19)30)16-9-2-1-3-10-16)26-15-8-6-7-14(13-15)21(29)27-18-12-5-4-11-17(18)25/h1-13,26H,(H,27,29). The Labute approximate surface area is 181 Å². The van der Waals surface area contributed by atoms with Crippen LogP contribution >= 0.6 is 11.6 Å². The van der Waals surface area contributed by atoms with Crippen molar-refractivity contribution in [2.75, 3.05) is 15.5 Å². The van der Waals surface area contributed by atoms with Crippen LogP contribution in [-0.2, 0) is 9.59 Å². The summed E-state index contributed by atoms with van der Waals surface area (Å²) in [7, 11) is 0. The molecule has 0 saturated carbocycles. The smallest absolute Gasteiger partial charge is 0.283 e. The Balaban J connectivity index is 1.55. The molecule has 0 unspecified atom stereocenters. The van der Waals surface area contributed by atoms with E-state index in [1.165, 1.54) is 30.3 Å². The van der Waals surface area contributed by atoms with Gasteiger partial charge in [0.2, 0.25) is 0 Å². The fraction of sp³-hybridized carbons (Fsp3) is 0. The first kappa shape index (κ1) is 20.3. The number of nitrogens with zero attached hydrogens (tertiary/aromatic N) is 1. The number of carbonyl (C=O) groups is 3. The number of halogens is 2. The average Bonchev–Trinajstić information content (AvgIpc) is 2.99. The molecule has 1 aliphatic heterocycles. The fourth-order valence-electron chi connectivity index (χ4n) is 3.06. The minimum absolute atomic E-state index is 0.0479. The third-order valence-electron chi connectivity index (χ3n) is 4.56. The van der Waals surface area contributed by atoms with E-state index in [0.29, 0.717) is 11.4 Å². The van der Waals surface area contributed by atoms with Gasteiger partial charge in [-0.05, 0) is 42.5 Å². The van der Waals surface area contributed by atoms with Gasteiger partial charge in [-0.1, -0.05) is 48.0 Å². The van der Waals surface area contributed by atoms with E-state index in [9.17, 15) is 18.8 Å². The molecular formula is C23H15ClFN3O3. The molecule has 3 aromatic rings. The quantitative estimate of drug-likeness (QED) is 0.578. The summed E-state index contributed by atoms with van der Waals surface area (Å²) in [5, 5.41) is 5.06. The molecule has 4 rings (SSSR count). The molecule has 3 amide bonds. The number of rotatable bonds is 5. The largest absolute Gasteiger partial charge is 0.350 e. The van der Waals surface area contributed by atoms with Crippen molar-refractivity contribution in [2.24, 2.45) is 0 Å². The van der Waals surface area contributed by atoms with E-state index in [2.05, 4.69) is 10.6 Å². The normalized spacial score (nSPS) is 13.5. The Kier molecular flexibility index (Phi) is 5.51. The maximum atomic E-state index is 13.8. The van der Waals surface area contributed by atoms with Gasteiger partial charge >= 0.3 is 0 Å². The van der Waals surface area contributed by atoms with E-state index < -0.39 is 23.5 Å². The van der Waals surface area contributed by atoms with E-state index in [4.69, 9.17) is 11.6 Å². The average molecular weight is 436 g/mol. The number of benzene rings is 3. The summed E-state index contributed by atoms with van der Waals surface area (Å²) < 4.78 is 13.8. The lowest BCUT2D eigenvalue weighted by Gasteiger charge is -2.15. The predicted molar refractivity (Wildman–Crippen MR) is 116 cm³/mol. The van der Waals surface area contributed by atoms with Gasteiger partial charge in [-0.25, -0.2) is 9.29 Å². The molecule has 0 fully saturated rings. The van der Waals surface area contributed by atoms with Crippen LogP contribution in [0.1, 0.15) is 10.4 Å². The zero-order valence-electron chi connectivity index (χ0n) is 15.9. The van der Waals surface area contributed by atoms with E-state index in [-0.39, 0.29) is 22.0 Å². The van der Waals surface area contributed by atoms with E-state index in [1.807, 2.05) is 0 Å². The molecule has 2 N–H and O–H groups in total. The molecule has 1 heterocycles. The first-order valence-electron chi connectivity index (χ1n) is 9.22. The Morgan fingerprint density at radius 3 is 2.32 bits per heavy atom. The molecule has 3 aromatic carbocycles. The Hall–Kier alpha value is -3.97. The summed E-state index contributed by atoms with van der Waals surface area (Å²) in [6.45, 7) is 0. The number of hydrogen-bond acceptors (Lipinski definition) is 4. The molecule has 6 nitrogen and oxygen atoms in total. The van der Waals surface area contributed by atoms with Crippen molar-refractivity contribution in [1.82, 2.24) is 0 Å². The van der Waals surface area contributed by atoms with Crippen LogP contribution in [0.25, 0.3) is 0 Å². The van der Waals surface area contributed by atoms with Crippen molar-refractivity contribution in [2.45, 2.75) is 0 Å². The topological polar surface area (TPSA) is 78.5 Å². The predicted octanol–water partition coefficient (Wildman–Crippen LogP) is 4.51. The second-order valence-electron chi connectivity index (χ2n) is 6.61. The molecule has 1 aliphatic rings. The monoisotopic (exact) mass is 435 g/mol. The summed E-state index contributed by atoms with van der Waals surface area (Å²) in [4.78, 5) is 38.8. The molecule has 0 radical (unpaired) electrons. The van der Waals surface area contributed by atoms with Crippen LogP contribution < -0.4 is 15.5 Å². The Morgan fingerprint density at radius 1 is 0.871 bits per heavy atom. The molecule has 0 aromatic heterocycles. The second kappa shape index (κ2) is 8.41. The van der Waals surface area contributed by atoms with Crippen LogP contribution in [0.4, 0.5) is 21.5 Å². The van der Waals surface area contributed by atoms with Crippen molar-refractivity contribution in [3.05, 3.63) is 101 Å². The van der Waals surface area contributed by atoms with E-state index in [0.717, 1.165) is 4.90 Å². The first-order chi connectivity index (χ1) is 15.0. The maximum Gasteiger partial charge on any atom is 0.283 e. The van der Waals surface area contributed by atoms with Crippen molar-refractivity contribution in [3.8, 4) is 0 Å². The second-order valence-corrected chi connectivity index (χ2v) is 6.99. The van der Waals surface area contributed by atoms with Crippen molar-refractivity contribution in [3.63, 3.8) is 0 Å². The van der Waals surface area contributed by atoms with E-state index >= 15 is 0 Å². The molecule has 8 heteroatoms. The summed E-state index contributed by atoms with van der Waals surface area (Å²) in [5.74, 6) is -2.34. The van der Waals surface area contributed by atoms with Gasteiger partial charge in [0.25, 0.3) is 17.7 Å². The Bertz CT molecular complexity index is 1230. The lowest BCUT2D eigenvalue weighted by molar-refractivity contribution is -0.120. The summed E-state index contributed by atoms with van der Waals surface area (Å²) >= 11 is 6.13. The molecule has 0 atom stereocenters. The van der Waals surface area contributed by atoms with Crippen LogP contribution in [0.3, 0.4) is 0 Å². The van der Waals surface area contributed by atoms with Gasteiger partial charge in [-0.2, -0.15) is 0 Å². The maximum absolute atomic E-state index is 13.8. The van der Waals surface area contributed by atoms with Gasteiger partial charge in [0, 0.05) is 11.3 Å². The van der Waals surface area contributed by atoms with Gasteiger partial charge < -0.3 is 10.6 Å². The van der Waals surface area contributed by atoms with Crippen LogP contribution in [0.5, 0.6) is 0 Å². The summed E-state index contributed by atoms with van der Waals surface area (Å²) in [5.41, 5.74) is 0.936. The molecular weight excluding hydrogens is 421 g/mol. The number of anilines is 3. The molecule has 0 aliphatic carbocycles. The number of nitrogens with one attached hydrogen (secondary N) is 2. The molecule has 0 saturated heterocycles. The highest BCUT2D eigenvalue weighted by Crippen LogP contribution is 2.30. The molecule has 0 bridgehead atoms. The lowest BCUT2D eigenvalue weighted by atomic mass is 10.1. The lowest BCUT2D eigenvalue weighted by Crippen LogP contribution is -2.32. The highest BCUT2D eigenvalue weighted by molar-refractivity contribution is 6.53. The van der Waals surface area contributed by atoms with E-state index in [1.54, 1.807) is 48.5 Å². The zero-order valence-corrected chi connectivity index (χ0v) is 16.7. The number of imide groups is 1. The molecule has 0 spiro atoms. The van der Waals surface area contributed by atoms with Crippen LogP contribution in [0.15, 0.2) is 89.6 Å². The minimum atomic E-state index is -0.645. The number of carbonyl (C=O) groups excluding carboxylic acids is 3. The molecule has 154 valence electrons. The van der Waals surface area contributed by atoms with Gasteiger partial charge in [0.1, 0.15) is 16.5 Å². The van der Waals surface area contributed by atoms with Gasteiger partial charge in [-0.15, -0.1) is 0 Å². The zero-order chi connectivity index (χ0) is 22.0.